The minimum Gasteiger partial charge on any atom is -1.00 e. The van der Waals surface area contributed by atoms with E-state index in [0.29, 0.717) is 11.9 Å². The van der Waals surface area contributed by atoms with Crippen molar-refractivity contribution in [1.82, 2.24) is 4.90 Å². The van der Waals surface area contributed by atoms with Crippen molar-refractivity contribution in [2.24, 2.45) is 11.8 Å². The number of piperidine rings is 4. The van der Waals surface area contributed by atoms with Gasteiger partial charge in [-0.25, -0.2) is 0 Å². The maximum absolute atomic E-state index is 12.3. The summed E-state index contributed by atoms with van der Waals surface area (Å²) in [6.45, 7) is 3.86. The Labute approximate surface area is 139 Å². The van der Waals surface area contributed by atoms with Crippen LogP contribution in [-0.4, -0.2) is 54.1 Å². The minimum absolute atomic E-state index is 0. The highest BCUT2D eigenvalue weighted by Gasteiger charge is 2.56. The minimum atomic E-state index is 0. The van der Waals surface area contributed by atoms with Crippen molar-refractivity contribution in [3.05, 3.63) is 0 Å². The largest absolute Gasteiger partial charge is 1.00 e. The topological polar surface area (TPSA) is 20.3 Å². The van der Waals surface area contributed by atoms with Crippen LogP contribution in [0, 0.1) is 11.8 Å². The molecule has 0 saturated carbocycles. The van der Waals surface area contributed by atoms with Crippen molar-refractivity contribution < 1.29 is 33.3 Å². The first-order valence-electron chi connectivity index (χ1n) is 8.33. The lowest BCUT2D eigenvalue weighted by Gasteiger charge is -2.61. The number of hydrogen-bond acceptors (Lipinski definition) is 1. The molecule has 0 spiro atoms. The van der Waals surface area contributed by atoms with Gasteiger partial charge in [0.25, 0.3) is 0 Å². The van der Waals surface area contributed by atoms with Crippen LogP contribution in [0.3, 0.4) is 0 Å². The van der Waals surface area contributed by atoms with Crippen LogP contribution in [-0.2, 0) is 4.79 Å². The number of rotatable bonds is 0. The van der Waals surface area contributed by atoms with Crippen molar-refractivity contribution in [3.63, 3.8) is 0 Å². The fourth-order valence-corrected chi connectivity index (χ4v) is 5.98. The zero-order valence-corrected chi connectivity index (χ0v) is 14.7. The van der Waals surface area contributed by atoms with E-state index in [1.54, 1.807) is 0 Å². The predicted molar refractivity (Wildman–Crippen MR) is 74.5 cm³/mol. The molecule has 4 heteroatoms. The van der Waals surface area contributed by atoms with Gasteiger partial charge in [-0.05, 0) is 38.5 Å². The van der Waals surface area contributed by atoms with Crippen LogP contribution in [0.15, 0.2) is 0 Å². The van der Waals surface area contributed by atoms with Gasteiger partial charge in [-0.3, -0.25) is 4.79 Å². The van der Waals surface area contributed by atoms with E-state index in [1.807, 2.05) is 0 Å². The molecular weight excluding hydrogens is 363 g/mol. The smallest absolute Gasteiger partial charge is 0.222 e. The molecule has 4 fully saturated rings. The Morgan fingerprint density at radius 2 is 1.85 bits per heavy atom. The van der Waals surface area contributed by atoms with Gasteiger partial charge in [0.1, 0.15) is 0 Å². The summed E-state index contributed by atoms with van der Waals surface area (Å²) in [7, 11) is 2.50. The molecule has 4 aliphatic heterocycles. The van der Waals surface area contributed by atoms with E-state index in [-0.39, 0.29) is 24.0 Å². The highest BCUT2D eigenvalue weighted by molar-refractivity contribution is 5.77. The number of fused-ring (bicyclic) bond motifs is 2. The summed E-state index contributed by atoms with van der Waals surface area (Å²) in [5.41, 5.74) is 0. The Kier molecular flexibility index (Phi) is 4.08. The Morgan fingerprint density at radius 3 is 2.65 bits per heavy atom. The third-order valence-corrected chi connectivity index (χ3v) is 6.63. The molecule has 0 aliphatic carbocycles. The van der Waals surface area contributed by atoms with Gasteiger partial charge >= 0.3 is 0 Å². The van der Waals surface area contributed by atoms with Gasteiger partial charge in [-0.1, -0.05) is 0 Å². The van der Waals surface area contributed by atoms with E-state index in [0.717, 1.165) is 37.3 Å². The van der Waals surface area contributed by atoms with E-state index in [9.17, 15) is 4.79 Å². The van der Waals surface area contributed by atoms with Gasteiger partial charge in [0.05, 0.1) is 26.2 Å². The Balaban J connectivity index is 0.00000121. The average Bonchev–Trinajstić information content (AvgIpc) is 2.40. The highest BCUT2D eigenvalue weighted by Crippen LogP contribution is 2.47. The zero-order valence-electron chi connectivity index (χ0n) is 12.6. The third kappa shape index (κ3) is 2.13. The number of quaternary nitrogens is 1. The molecule has 0 N–H and O–H groups in total. The van der Waals surface area contributed by atoms with Crippen molar-refractivity contribution in [2.45, 2.75) is 57.0 Å². The Morgan fingerprint density at radius 1 is 1.10 bits per heavy atom. The molecule has 4 saturated heterocycles. The van der Waals surface area contributed by atoms with E-state index in [4.69, 9.17) is 0 Å². The second-order valence-electron chi connectivity index (χ2n) is 7.63. The zero-order chi connectivity index (χ0) is 13.0. The van der Waals surface area contributed by atoms with E-state index in [2.05, 4.69) is 11.9 Å². The van der Waals surface area contributed by atoms with E-state index < -0.39 is 0 Å². The van der Waals surface area contributed by atoms with Crippen molar-refractivity contribution in [1.29, 1.82) is 0 Å². The number of amides is 1. The molecule has 114 valence electrons. The monoisotopic (exact) mass is 390 g/mol. The summed E-state index contributed by atoms with van der Waals surface area (Å²) in [4.78, 5) is 14.6. The lowest BCUT2D eigenvalue weighted by atomic mass is 9.67. The van der Waals surface area contributed by atoms with Gasteiger partial charge in [-0.15, -0.1) is 0 Å². The van der Waals surface area contributed by atoms with E-state index >= 15 is 0 Å². The summed E-state index contributed by atoms with van der Waals surface area (Å²) in [6.07, 6.45) is 8.72. The van der Waals surface area contributed by atoms with Crippen LogP contribution in [0.2, 0.25) is 0 Å². The summed E-state index contributed by atoms with van der Waals surface area (Å²) in [6, 6.07) is 1.47. The summed E-state index contributed by atoms with van der Waals surface area (Å²) in [5.74, 6) is 2.06. The number of carbonyl (C=O) groups is 1. The molecule has 0 aromatic heterocycles. The molecule has 0 aromatic rings. The second kappa shape index (κ2) is 5.41. The van der Waals surface area contributed by atoms with E-state index in [1.165, 1.54) is 49.7 Å². The van der Waals surface area contributed by atoms with Crippen LogP contribution in [0.5, 0.6) is 0 Å². The first-order chi connectivity index (χ1) is 9.19. The molecule has 20 heavy (non-hydrogen) atoms. The predicted octanol–water partition coefficient (Wildman–Crippen LogP) is -0.980. The SMILES string of the molecule is C[N+]12CCCC3CN4C(=O)CCCC4C(CCC1)C32.[I-]. The van der Waals surface area contributed by atoms with Crippen molar-refractivity contribution >= 4 is 5.91 Å². The Hall–Kier alpha value is 0.160. The molecule has 4 aliphatic rings. The molecule has 5 atom stereocenters. The molecule has 0 aromatic carbocycles. The van der Waals surface area contributed by atoms with Gasteiger partial charge in [0.2, 0.25) is 5.91 Å². The average molecular weight is 390 g/mol. The molecule has 1 amide bonds. The van der Waals surface area contributed by atoms with Gasteiger partial charge < -0.3 is 33.4 Å². The van der Waals surface area contributed by atoms with Gasteiger partial charge in [0, 0.05) is 30.8 Å². The fraction of sp³-hybridized carbons (Fsp3) is 0.938. The maximum Gasteiger partial charge on any atom is 0.222 e. The van der Waals surface area contributed by atoms with Crippen LogP contribution in [0.4, 0.5) is 0 Å². The van der Waals surface area contributed by atoms with Crippen molar-refractivity contribution in [2.75, 3.05) is 26.7 Å². The lowest BCUT2D eigenvalue weighted by molar-refractivity contribution is -0.952. The second-order valence-corrected chi connectivity index (χ2v) is 7.63. The van der Waals surface area contributed by atoms with Crippen LogP contribution >= 0.6 is 0 Å². The molecule has 5 unspecified atom stereocenters. The Bertz CT molecular complexity index is 398. The summed E-state index contributed by atoms with van der Waals surface area (Å²) in [5, 5.41) is 0. The normalized spacial score (nSPS) is 47.0. The fourth-order valence-electron chi connectivity index (χ4n) is 5.98. The van der Waals surface area contributed by atoms with Crippen molar-refractivity contribution in [3.8, 4) is 0 Å². The number of halogens is 1. The molecule has 4 rings (SSSR count). The first kappa shape index (κ1) is 15.1. The molecule has 3 nitrogen and oxygen atoms in total. The van der Waals surface area contributed by atoms with Gasteiger partial charge in [0.15, 0.2) is 0 Å². The lowest BCUT2D eigenvalue weighted by Crippen LogP contribution is -3.00. The van der Waals surface area contributed by atoms with Gasteiger partial charge in [-0.2, -0.15) is 0 Å². The quantitative estimate of drug-likeness (QED) is 0.385. The van der Waals surface area contributed by atoms with Crippen LogP contribution in [0.25, 0.3) is 0 Å². The summed E-state index contributed by atoms with van der Waals surface area (Å²) >= 11 is 0. The molecule has 0 bridgehead atoms. The highest BCUT2D eigenvalue weighted by atomic mass is 127. The molecule has 4 heterocycles. The number of hydrogen-bond donors (Lipinski definition) is 0. The summed E-state index contributed by atoms with van der Waals surface area (Å²) < 4.78 is 1.33. The first-order valence-corrected chi connectivity index (χ1v) is 8.33. The van der Waals surface area contributed by atoms with Crippen LogP contribution in [0.1, 0.15) is 44.9 Å². The standard InChI is InChI=1S/C16H27N2O.HI/c1-18-9-3-5-12-11-17-14(7-2-8-15(17)19)13(16(12)18)6-4-10-18;/h12-14,16H,2-11H2,1H3;1H/q+1;/p-1. The molecular formula is C16H27IN2O. The van der Waals surface area contributed by atoms with Crippen LogP contribution < -0.4 is 24.0 Å². The number of nitrogens with zero attached hydrogens (tertiary/aromatic N) is 2. The molecule has 0 radical (unpaired) electrons. The maximum atomic E-state index is 12.3. The third-order valence-electron chi connectivity index (χ3n) is 6.63. The number of carbonyl (C=O) groups excluding carboxylic acids is 1.